The maximum absolute atomic E-state index is 5.93. The molecule has 1 heterocycles. The van der Waals surface area contributed by atoms with Gasteiger partial charge in [-0.3, -0.25) is 0 Å². The summed E-state index contributed by atoms with van der Waals surface area (Å²) >= 11 is 7.06. The van der Waals surface area contributed by atoms with Crippen molar-refractivity contribution in [3.63, 3.8) is 0 Å². The molecule has 0 saturated heterocycles. The van der Waals surface area contributed by atoms with Gasteiger partial charge in [-0.2, -0.15) is 8.75 Å². The van der Waals surface area contributed by atoms with Crippen LogP contribution in [0.25, 0.3) is 0 Å². The lowest BCUT2D eigenvalue weighted by atomic mass is 10.1. The first kappa shape index (κ1) is 11.4. The Morgan fingerprint density at radius 3 is 2.81 bits per heavy atom. The Labute approximate surface area is 104 Å². The van der Waals surface area contributed by atoms with E-state index in [4.69, 9.17) is 11.6 Å². The van der Waals surface area contributed by atoms with Crippen LogP contribution in [-0.4, -0.2) is 15.8 Å². The van der Waals surface area contributed by atoms with Crippen LogP contribution >= 0.6 is 23.3 Å². The highest BCUT2D eigenvalue weighted by molar-refractivity contribution is 6.99. The Morgan fingerprint density at radius 1 is 1.38 bits per heavy atom. The fourth-order valence-electron chi connectivity index (χ4n) is 1.56. The van der Waals surface area contributed by atoms with Gasteiger partial charge in [0.05, 0.1) is 11.7 Å². The van der Waals surface area contributed by atoms with Gasteiger partial charge in [-0.1, -0.05) is 41.4 Å². The number of hydrogen-bond donors (Lipinski definition) is 0. The minimum Gasteiger partial charge on any atom is -0.352 e. The minimum absolute atomic E-state index is 0.472. The third-order valence-corrected chi connectivity index (χ3v) is 3.17. The van der Waals surface area contributed by atoms with Crippen LogP contribution in [0.1, 0.15) is 11.1 Å². The number of anilines is 1. The summed E-state index contributed by atoms with van der Waals surface area (Å²) in [6.07, 6.45) is 0. The van der Waals surface area contributed by atoms with Crippen molar-refractivity contribution in [2.24, 2.45) is 0 Å². The molecule has 5 heteroatoms. The summed E-state index contributed by atoms with van der Waals surface area (Å²) in [5.74, 6) is 0.744. The first-order chi connectivity index (χ1) is 7.66. The predicted octanol–water partition coefficient (Wildman–Crippen LogP) is 3.14. The molecular weight excluding hydrogens is 242 g/mol. The van der Waals surface area contributed by atoms with Crippen molar-refractivity contribution in [3.8, 4) is 0 Å². The fourth-order valence-corrected chi connectivity index (χ4v) is 2.39. The maximum atomic E-state index is 5.93. The van der Waals surface area contributed by atoms with E-state index in [9.17, 15) is 0 Å². The smallest absolute Gasteiger partial charge is 0.187 e. The van der Waals surface area contributed by atoms with Crippen molar-refractivity contribution in [3.05, 3.63) is 40.5 Å². The summed E-state index contributed by atoms with van der Waals surface area (Å²) in [7, 11) is 1.96. The van der Waals surface area contributed by atoms with E-state index >= 15 is 0 Å². The topological polar surface area (TPSA) is 29.0 Å². The molecule has 0 atom stereocenters. The van der Waals surface area contributed by atoms with Crippen molar-refractivity contribution in [1.82, 2.24) is 8.75 Å². The zero-order chi connectivity index (χ0) is 11.5. The summed E-state index contributed by atoms with van der Waals surface area (Å²) in [6.45, 7) is 2.87. The van der Waals surface area contributed by atoms with Crippen molar-refractivity contribution in [2.45, 2.75) is 13.5 Å². The molecule has 0 radical (unpaired) electrons. The van der Waals surface area contributed by atoms with E-state index in [1.165, 1.54) is 11.1 Å². The molecule has 1 aromatic carbocycles. The largest absolute Gasteiger partial charge is 0.352 e. The van der Waals surface area contributed by atoms with Gasteiger partial charge < -0.3 is 4.90 Å². The van der Waals surface area contributed by atoms with Crippen LogP contribution in [0.5, 0.6) is 0 Å². The van der Waals surface area contributed by atoms with Gasteiger partial charge in [-0.05, 0) is 12.5 Å². The molecule has 0 amide bonds. The number of aromatic nitrogens is 2. The molecule has 0 aliphatic heterocycles. The molecule has 0 N–H and O–H groups in total. The predicted molar refractivity (Wildman–Crippen MR) is 68.2 cm³/mol. The van der Waals surface area contributed by atoms with Gasteiger partial charge in [0.25, 0.3) is 0 Å². The van der Waals surface area contributed by atoms with Crippen LogP contribution in [0, 0.1) is 6.92 Å². The lowest BCUT2D eigenvalue weighted by Gasteiger charge is -2.16. The van der Waals surface area contributed by atoms with Crippen molar-refractivity contribution >= 4 is 29.1 Å². The number of hydrogen-bond acceptors (Lipinski definition) is 4. The molecule has 0 aliphatic carbocycles. The molecule has 2 aromatic rings. The van der Waals surface area contributed by atoms with Crippen molar-refractivity contribution in [1.29, 1.82) is 0 Å². The lowest BCUT2D eigenvalue weighted by molar-refractivity contribution is 0.906. The Morgan fingerprint density at radius 2 is 2.19 bits per heavy atom. The van der Waals surface area contributed by atoms with Crippen LogP contribution in [-0.2, 0) is 6.54 Å². The SMILES string of the molecule is Cc1cccc(CN(C)c2nsnc2Cl)c1. The fraction of sp³-hybridized carbons (Fsp3) is 0.273. The van der Waals surface area contributed by atoms with E-state index in [0.29, 0.717) is 5.15 Å². The standard InChI is InChI=1S/C11H12ClN3S/c1-8-4-3-5-9(6-8)7-15(2)11-10(12)13-16-14-11/h3-6H,7H2,1-2H3. The number of aryl methyl sites for hydroxylation is 1. The monoisotopic (exact) mass is 253 g/mol. The zero-order valence-corrected chi connectivity index (χ0v) is 10.7. The highest BCUT2D eigenvalue weighted by Crippen LogP contribution is 2.23. The van der Waals surface area contributed by atoms with Gasteiger partial charge in [-0.15, -0.1) is 0 Å². The molecule has 2 rings (SSSR count). The quantitative estimate of drug-likeness (QED) is 0.842. The van der Waals surface area contributed by atoms with Gasteiger partial charge in [0, 0.05) is 13.6 Å². The molecule has 0 bridgehead atoms. The zero-order valence-electron chi connectivity index (χ0n) is 9.14. The molecule has 3 nitrogen and oxygen atoms in total. The molecule has 0 spiro atoms. The number of rotatable bonds is 3. The first-order valence-corrected chi connectivity index (χ1v) is 6.02. The van der Waals surface area contributed by atoms with Crippen LogP contribution < -0.4 is 4.90 Å². The van der Waals surface area contributed by atoms with E-state index < -0.39 is 0 Å². The van der Waals surface area contributed by atoms with E-state index in [-0.39, 0.29) is 0 Å². The van der Waals surface area contributed by atoms with Crippen LogP contribution in [0.4, 0.5) is 5.82 Å². The first-order valence-electron chi connectivity index (χ1n) is 4.91. The van der Waals surface area contributed by atoms with E-state index in [2.05, 4.69) is 39.9 Å². The molecule has 16 heavy (non-hydrogen) atoms. The summed E-state index contributed by atoms with van der Waals surface area (Å²) in [5, 5.41) is 0.472. The van der Waals surface area contributed by atoms with Gasteiger partial charge >= 0.3 is 0 Å². The third kappa shape index (κ3) is 2.51. The molecular formula is C11H12ClN3S. The number of halogens is 1. The maximum Gasteiger partial charge on any atom is 0.187 e. The van der Waals surface area contributed by atoms with E-state index in [1.54, 1.807) is 0 Å². The highest BCUT2D eigenvalue weighted by Gasteiger charge is 2.10. The van der Waals surface area contributed by atoms with Gasteiger partial charge in [0.1, 0.15) is 0 Å². The van der Waals surface area contributed by atoms with Crippen molar-refractivity contribution in [2.75, 3.05) is 11.9 Å². The second-order valence-electron chi connectivity index (χ2n) is 3.72. The summed E-state index contributed by atoms with van der Waals surface area (Å²) in [4.78, 5) is 2.00. The van der Waals surface area contributed by atoms with Crippen LogP contribution in [0.3, 0.4) is 0 Å². The number of benzene rings is 1. The Bertz CT molecular complexity index is 484. The average Bonchev–Trinajstić information content (AvgIpc) is 2.64. The van der Waals surface area contributed by atoms with E-state index in [0.717, 1.165) is 24.1 Å². The molecule has 0 fully saturated rings. The van der Waals surface area contributed by atoms with Gasteiger partial charge in [0.2, 0.25) is 0 Å². The lowest BCUT2D eigenvalue weighted by Crippen LogP contribution is -2.17. The Hall–Kier alpha value is -1.13. The van der Waals surface area contributed by atoms with E-state index in [1.807, 2.05) is 11.9 Å². The van der Waals surface area contributed by atoms with Crippen molar-refractivity contribution < 1.29 is 0 Å². The summed E-state index contributed by atoms with van der Waals surface area (Å²) < 4.78 is 8.11. The van der Waals surface area contributed by atoms with Gasteiger partial charge in [-0.25, -0.2) is 0 Å². The summed E-state index contributed by atoms with van der Waals surface area (Å²) in [6, 6.07) is 8.39. The normalized spacial score (nSPS) is 10.4. The second-order valence-corrected chi connectivity index (χ2v) is 4.61. The molecule has 0 unspecified atom stereocenters. The van der Waals surface area contributed by atoms with Crippen LogP contribution in [0.15, 0.2) is 24.3 Å². The highest BCUT2D eigenvalue weighted by atomic mass is 35.5. The Kier molecular flexibility index (Phi) is 3.41. The average molecular weight is 254 g/mol. The molecule has 0 saturated carbocycles. The minimum atomic E-state index is 0.472. The van der Waals surface area contributed by atoms with Crippen LogP contribution in [0.2, 0.25) is 5.15 Å². The summed E-state index contributed by atoms with van der Waals surface area (Å²) in [5.41, 5.74) is 2.50. The second kappa shape index (κ2) is 4.80. The molecule has 84 valence electrons. The third-order valence-electron chi connectivity index (χ3n) is 2.30. The number of nitrogens with zero attached hydrogens (tertiary/aromatic N) is 3. The Balaban J connectivity index is 2.14. The molecule has 1 aromatic heterocycles. The molecule has 0 aliphatic rings. The van der Waals surface area contributed by atoms with Gasteiger partial charge in [0.15, 0.2) is 11.0 Å².